The Morgan fingerprint density at radius 2 is 1.94 bits per heavy atom. The van der Waals surface area contributed by atoms with Crippen molar-refractivity contribution in [3.8, 4) is 0 Å². The zero-order valence-electron chi connectivity index (χ0n) is 12.0. The number of carbonyl (C=O) groups is 1. The fourth-order valence-corrected chi connectivity index (χ4v) is 2.77. The highest BCUT2D eigenvalue weighted by Gasteiger charge is 2.28. The molecule has 1 fully saturated rings. The molecule has 0 radical (unpaired) electrons. The van der Waals surface area contributed by atoms with Crippen LogP contribution >= 0.6 is 0 Å². The third kappa shape index (κ3) is 3.95. The second kappa shape index (κ2) is 7.74. The zero-order chi connectivity index (χ0) is 13.5. The third-order valence-electron chi connectivity index (χ3n) is 4.10. The van der Waals surface area contributed by atoms with Gasteiger partial charge in [-0.05, 0) is 52.0 Å². The van der Waals surface area contributed by atoms with Gasteiger partial charge in [0, 0.05) is 13.1 Å². The van der Waals surface area contributed by atoms with E-state index in [1.807, 2.05) is 25.7 Å². The molecule has 0 aromatic heterocycles. The van der Waals surface area contributed by atoms with Crippen LogP contribution in [0.4, 0.5) is 0 Å². The molecular weight excluding hydrogens is 228 g/mol. The molecule has 0 spiro atoms. The Kier molecular flexibility index (Phi) is 6.65. The highest BCUT2D eigenvalue weighted by Crippen LogP contribution is 2.31. The largest absolute Gasteiger partial charge is 0.368 e. The number of hydrogen-bond donors (Lipinski definition) is 1. The summed E-state index contributed by atoms with van der Waals surface area (Å²) in [4.78, 5) is 13.9. The van der Waals surface area contributed by atoms with Crippen molar-refractivity contribution in [1.29, 1.82) is 0 Å². The van der Waals surface area contributed by atoms with E-state index in [1.54, 1.807) is 0 Å². The van der Waals surface area contributed by atoms with Crippen LogP contribution in [0.15, 0.2) is 0 Å². The number of carbonyl (C=O) groups excluding carboxylic acids is 1. The van der Waals surface area contributed by atoms with Crippen LogP contribution < -0.4 is 5.73 Å². The standard InChI is InChI=1S/C14H28N2O2/c1-4-16(5-2)14(17)11(3)18-10-13-8-6-7-12(13)9-15/h11-13H,4-10,15H2,1-3H3. The SMILES string of the molecule is CCN(CC)C(=O)C(C)OCC1CCCC1CN. The number of rotatable bonds is 7. The van der Waals surface area contributed by atoms with Crippen molar-refractivity contribution in [1.82, 2.24) is 4.90 Å². The fraction of sp³-hybridized carbons (Fsp3) is 0.929. The average Bonchev–Trinajstić information content (AvgIpc) is 2.84. The highest BCUT2D eigenvalue weighted by atomic mass is 16.5. The topological polar surface area (TPSA) is 55.6 Å². The highest BCUT2D eigenvalue weighted by molar-refractivity contribution is 5.80. The lowest BCUT2D eigenvalue weighted by atomic mass is 9.97. The van der Waals surface area contributed by atoms with Crippen molar-refractivity contribution in [2.45, 2.75) is 46.1 Å². The van der Waals surface area contributed by atoms with Gasteiger partial charge in [0.25, 0.3) is 5.91 Å². The van der Waals surface area contributed by atoms with E-state index < -0.39 is 0 Å². The molecule has 0 aromatic carbocycles. The molecule has 2 N–H and O–H groups in total. The minimum absolute atomic E-state index is 0.0993. The molecule has 18 heavy (non-hydrogen) atoms. The molecule has 0 bridgehead atoms. The maximum atomic E-state index is 12.0. The van der Waals surface area contributed by atoms with Crippen molar-refractivity contribution >= 4 is 5.91 Å². The lowest BCUT2D eigenvalue weighted by Gasteiger charge is -2.25. The molecule has 0 aliphatic heterocycles. The molecule has 4 heteroatoms. The Bertz CT molecular complexity index is 254. The number of likely N-dealkylation sites (N-methyl/N-ethyl adjacent to an activating group) is 1. The van der Waals surface area contributed by atoms with E-state index in [4.69, 9.17) is 10.5 Å². The summed E-state index contributed by atoms with van der Waals surface area (Å²) < 4.78 is 5.76. The van der Waals surface area contributed by atoms with Gasteiger partial charge in [0.2, 0.25) is 0 Å². The van der Waals surface area contributed by atoms with E-state index in [1.165, 1.54) is 19.3 Å². The first-order valence-electron chi connectivity index (χ1n) is 7.24. The zero-order valence-corrected chi connectivity index (χ0v) is 12.0. The van der Waals surface area contributed by atoms with E-state index in [2.05, 4.69) is 0 Å². The van der Waals surface area contributed by atoms with Crippen molar-refractivity contribution in [3.05, 3.63) is 0 Å². The van der Waals surface area contributed by atoms with Crippen molar-refractivity contribution in [2.75, 3.05) is 26.2 Å². The number of nitrogens with zero attached hydrogens (tertiary/aromatic N) is 1. The van der Waals surface area contributed by atoms with Gasteiger partial charge in [0.1, 0.15) is 6.10 Å². The smallest absolute Gasteiger partial charge is 0.251 e. The van der Waals surface area contributed by atoms with Crippen LogP contribution in [0, 0.1) is 11.8 Å². The predicted octanol–water partition coefficient (Wildman–Crippen LogP) is 1.63. The fourth-order valence-electron chi connectivity index (χ4n) is 2.77. The van der Waals surface area contributed by atoms with E-state index in [0.29, 0.717) is 18.4 Å². The second-order valence-corrected chi connectivity index (χ2v) is 5.17. The Morgan fingerprint density at radius 1 is 1.33 bits per heavy atom. The van der Waals surface area contributed by atoms with Gasteiger partial charge in [-0.15, -0.1) is 0 Å². The lowest BCUT2D eigenvalue weighted by Crippen LogP contribution is -2.39. The Balaban J connectivity index is 2.36. The summed E-state index contributed by atoms with van der Waals surface area (Å²) in [5, 5.41) is 0. The van der Waals surface area contributed by atoms with E-state index in [-0.39, 0.29) is 12.0 Å². The number of nitrogens with two attached hydrogens (primary N) is 1. The minimum atomic E-state index is -0.330. The van der Waals surface area contributed by atoms with Crippen LogP contribution in [0.5, 0.6) is 0 Å². The number of hydrogen-bond acceptors (Lipinski definition) is 3. The van der Waals surface area contributed by atoms with Crippen molar-refractivity contribution in [3.63, 3.8) is 0 Å². The maximum absolute atomic E-state index is 12.0. The molecule has 1 aliphatic carbocycles. The monoisotopic (exact) mass is 256 g/mol. The van der Waals surface area contributed by atoms with Crippen LogP contribution in [0.3, 0.4) is 0 Å². The van der Waals surface area contributed by atoms with Gasteiger partial charge in [-0.25, -0.2) is 0 Å². The molecule has 1 amide bonds. The van der Waals surface area contributed by atoms with E-state index in [0.717, 1.165) is 19.6 Å². The van der Waals surface area contributed by atoms with Crippen LogP contribution in [-0.4, -0.2) is 43.2 Å². The van der Waals surface area contributed by atoms with Gasteiger partial charge in [-0.2, -0.15) is 0 Å². The van der Waals surface area contributed by atoms with Gasteiger partial charge in [0.15, 0.2) is 0 Å². The Labute approximate surface area is 111 Å². The van der Waals surface area contributed by atoms with Gasteiger partial charge in [-0.3, -0.25) is 4.79 Å². The Morgan fingerprint density at radius 3 is 2.50 bits per heavy atom. The van der Waals surface area contributed by atoms with Crippen LogP contribution in [0.25, 0.3) is 0 Å². The second-order valence-electron chi connectivity index (χ2n) is 5.17. The first-order chi connectivity index (χ1) is 8.63. The van der Waals surface area contributed by atoms with Crippen LogP contribution in [0.1, 0.15) is 40.0 Å². The third-order valence-corrected chi connectivity index (χ3v) is 4.10. The molecule has 0 aromatic rings. The lowest BCUT2D eigenvalue weighted by molar-refractivity contribution is -0.143. The Hall–Kier alpha value is -0.610. The predicted molar refractivity (Wildman–Crippen MR) is 73.2 cm³/mol. The van der Waals surface area contributed by atoms with Crippen molar-refractivity contribution in [2.24, 2.45) is 17.6 Å². The van der Waals surface area contributed by atoms with Gasteiger partial charge < -0.3 is 15.4 Å². The molecule has 0 heterocycles. The normalized spacial score (nSPS) is 25.1. The summed E-state index contributed by atoms with van der Waals surface area (Å²) >= 11 is 0. The van der Waals surface area contributed by atoms with Crippen LogP contribution in [0.2, 0.25) is 0 Å². The quantitative estimate of drug-likeness (QED) is 0.753. The average molecular weight is 256 g/mol. The molecule has 106 valence electrons. The summed E-state index contributed by atoms with van der Waals surface area (Å²) in [5.41, 5.74) is 5.75. The molecule has 4 nitrogen and oxygen atoms in total. The summed E-state index contributed by atoms with van der Waals surface area (Å²) in [6.07, 6.45) is 3.31. The van der Waals surface area contributed by atoms with Crippen molar-refractivity contribution < 1.29 is 9.53 Å². The first-order valence-corrected chi connectivity index (χ1v) is 7.24. The number of ether oxygens (including phenoxy) is 1. The summed E-state index contributed by atoms with van der Waals surface area (Å²) in [6.45, 7) is 8.76. The molecule has 3 atom stereocenters. The number of amides is 1. The van der Waals surface area contributed by atoms with Gasteiger partial charge >= 0.3 is 0 Å². The molecular formula is C14H28N2O2. The van der Waals surface area contributed by atoms with E-state index in [9.17, 15) is 4.79 Å². The molecule has 3 unspecified atom stereocenters. The first kappa shape index (κ1) is 15.4. The van der Waals surface area contributed by atoms with Gasteiger partial charge in [-0.1, -0.05) is 6.42 Å². The maximum Gasteiger partial charge on any atom is 0.251 e. The molecule has 1 rings (SSSR count). The summed E-state index contributed by atoms with van der Waals surface area (Å²) in [6, 6.07) is 0. The van der Waals surface area contributed by atoms with Crippen LogP contribution in [-0.2, 0) is 9.53 Å². The molecule has 0 saturated heterocycles. The summed E-state index contributed by atoms with van der Waals surface area (Å²) in [7, 11) is 0. The van der Waals surface area contributed by atoms with E-state index >= 15 is 0 Å². The summed E-state index contributed by atoms with van der Waals surface area (Å²) in [5.74, 6) is 1.23. The molecule has 1 saturated carbocycles. The minimum Gasteiger partial charge on any atom is -0.368 e. The van der Waals surface area contributed by atoms with Gasteiger partial charge in [0.05, 0.1) is 6.61 Å². The molecule has 1 aliphatic rings.